The molecule has 0 radical (unpaired) electrons. The summed E-state index contributed by atoms with van der Waals surface area (Å²) in [5, 5.41) is 1.91. The van der Waals surface area contributed by atoms with Crippen LogP contribution in [0.15, 0.2) is 46.7 Å². The average Bonchev–Trinajstić information content (AvgIpc) is 3.18. The summed E-state index contributed by atoms with van der Waals surface area (Å²) in [5.41, 5.74) is 0.421. The highest BCUT2D eigenvalue weighted by Crippen LogP contribution is 2.30. The van der Waals surface area contributed by atoms with E-state index in [1.54, 1.807) is 12.1 Å². The summed E-state index contributed by atoms with van der Waals surface area (Å²) in [5.74, 6) is 0.272. The fourth-order valence-electron chi connectivity index (χ4n) is 3.41. The van der Waals surface area contributed by atoms with Crippen LogP contribution in [0.4, 0.5) is 0 Å². The summed E-state index contributed by atoms with van der Waals surface area (Å²) >= 11 is 1.50. The van der Waals surface area contributed by atoms with Crippen molar-refractivity contribution in [2.45, 2.75) is 36.7 Å². The lowest BCUT2D eigenvalue weighted by molar-refractivity contribution is 0.0706. The fraction of sp³-hybridized carbons (Fsp3) is 0.450. The summed E-state index contributed by atoms with van der Waals surface area (Å²) in [6.45, 7) is 2.36. The predicted molar refractivity (Wildman–Crippen MR) is 108 cm³/mol. The molecule has 4 rings (SSSR count). The van der Waals surface area contributed by atoms with E-state index >= 15 is 0 Å². The van der Waals surface area contributed by atoms with Crippen LogP contribution < -0.4 is 4.72 Å². The van der Waals surface area contributed by atoms with Gasteiger partial charge in [-0.3, -0.25) is 4.79 Å². The van der Waals surface area contributed by atoms with Crippen molar-refractivity contribution >= 4 is 27.3 Å². The summed E-state index contributed by atoms with van der Waals surface area (Å²) in [6, 6.07) is 10.4. The Morgan fingerprint density at radius 2 is 2.07 bits per heavy atom. The lowest BCUT2D eigenvalue weighted by atomic mass is 10.1. The summed E-state index contributed by atoms with van der Waals surface area (Å²) in [7, 11) is -3.68. The van der Waals surface area contributed by atoms with Crippen molar-refractivity contribution in [3.05, 3.63) is 52.2 Å². The standard InChI is InChI=1S/C20H24N2O4S2/c23-20(22(17-6-7-17)13-15-8-9-26-14-15)16-3-1-5-19(11-16)28(24,25)21-12-18-4-2-10-27-18/h1-5,10-11,15,17,21H,6-9,12-14H2/t15-/m1/s1. The first-order chi connectivity index (χ1) is 13.5. The number of nitrogens with zero attached hydrogens (tertiary/aromatic N) is 1. The molecule has 0 unspecified atom stereocenters. The van der Waals surface area contributed by atoms with Gasteiger partial charge in [-0.25, -0.2) is 13.1 Å². The molecule has 1 atom stereocenters. The number of benzene rings is 1. The fourth-order valence-corrected chi connectivity index (χ4v) is 5.20. The lowest BCUT2D eigenvalue weighted by Crippen LogP contribution is -2.37. The second kappa shape index (κ2) is 8.32. The molecule has 1 amide bonds. The number of thiophene rings is 1. The number of carbonyl (C=O) groups is 1. The van der Waals surface area contributed by atoms with E-state index in [1.807, 2.05) is 22.4 Å². The van der Waals surface area contributed by atoms with Gasteiger partial charge in [0.25, 0.3) is 5.91 Å². The molecule has 28 heavy (non-hydrogen) atoms. The molecule has 1 N–H and O–H groups in total. The van der Waals surface area contributed by atoms with Gasteiger partial charge in [-0.15, -0.1) is 11.3 Å². The molecule has 2 aliphatic rings. The van der Waals surface area contributed by atoms with Crippen molar-refractivity contribution < 1.29 is 17.9 Å². The first kappa shape index (κ1) is 19.6. The minimum atomic E-state index is -3.68. The Bertz CT molecular complexity index is 917. The Balaban J connectivity index is 1.49. The number of carbonyl (C=O) groups excluding carboxylic acids is 1. The van der Waals surface area contributed by atoms with Crippen molar-refractivity contribution in [1.29, 1.82) is 0 Å². The molecule has 1 aliphatic heterocycles. The summed E-state index contributed by atoms with van der Waals surface area (Å²) in [6.07, 6.45) is 3.00. The van der Waals surface area contributed by atoms with Crippen molar-refractivity contribution in [2.75, 3.05) is 19.8 Å². The zero-order valence-electron chi connectivity index (χ0n) is 15.5. The maximum absolute atomic E-state index is 13.1. The molecule has 1 aliphatic carbocycles. The molecule has 2 heterocycles. The third kappa shape index (κ3) is 4.63. The summed E-state index contributed by atoms with van der Waals surface area (Å²) < 4.78 is 33.3. The smallest absolute Gasteiger partial charge is 0.254 e. The molecule has 6 nitrogen and oxygen atoms in total. The first-order valence-electron chi connectivity index (χ1n) is 9.54. The number of sulfonamides is 1. The van der Waals surface area contributed by atoms with E-state index in [-0.39, 0.29) is 23.4 Å². The zero-order chi connectivity index (χ0) is 19.6. The normalized spacial score (nSPS) is 19.6. The Kier molecular flexibility index (Phi) is 5.82. The van der Waals surface area contributed by atoms with Crippen LogP contribution in [-0.4, -0.2) is 45.0 Å². The monoisotopic (exact) mass is 420 g/mol. The number of rotatable bonds is 8. The molecule has 2 aromatic rings. The van der Waals surface area contributed by atoms with Gasteiger partial charge < -0.3 is 9.64 Å². The number of amides is 1. The van der Waals surface area contributed by atoms with Crippen molar-refractivity contribution in [3.8, 4) is 0 Å². The molecule has 150 valence electrons. The molecule has 2 fully saturated rings. The van der Waals surface area contributed by atoms with E-state index in [0.29, 0.717) is 24.6 Å². The first-order valence-corrected chi connectivity index (χ1v) is 11.9. The number of nitrogens with one attached hydrogen (secondary N) is 1. The molecule has 1 saturated heterocycles. The minimum Gasteiger partial charge on any atom is -0.381 e. The van der Waals surface area contributed by atoms with Gasteiger partial charge >= 0.3 is 0 Å². The van der Waals surface area contributed by atoms with Crippen LogP contribution in [0, 0.1) is 5.92 Å². The maximum Gasteiger partial charge on any atom is 0.254 e. The topological polar surface area (TPSA) is 75.7 Å². The van der Waals surface area contributed by atoms with Crippen LogP contribution >= 0.6 is 11.3 Å². The molecule has 1 aromatic heterocycles. The number of ether oxygens (including phenoxy) is 1. The van der Waals surface area contributed by atoms with Crippen molar-refractivity contribution in [2.24, 2.45) is 5.92 Å². The molecular formula is C20H24N2O4S2. The van der Waals surface area contributed by atoms with Gasteiger partial charge in [0.05, 0.1) is 11.5 Å². The number of hydrogen-bond acceptors (Lipinski definition) is 5. The Morgan fingerprint density at radius 1 is 1.21 bits per heavy atom. The average molecular weight is 421 g/mol. The van der Waals surface area contributed by atoms with Gasteiger partial charge in [-0.05, 0) is 48.9 Å². The molecule has 0 bridgehead atoms. The van der Waals surface area contributed by atoms with Gasteiger partial charge in [-0.2, -0.15) is 0 Å². The highest BCUT2D eigenvalue weighted by Gasteiger charge is 2.35. The van der Waals surface area contributed by atoms with Crippen LogP contribution in [0.2, 0.25) is 0 Å². The van der Waals surface area contributed by atoms with E-state index in [0.717, 1.165) is 30.7 Å². The van der Waals surface area contributed by atoms with E-state index in [4.69, 9.17) is 4.74 Å². The second-order valence-electron chi connectivity index (χ2n) is 7.35. The van der Waals surface area contributed by atoms with Gasteiger partial charge in [0.15, 0.2) is 0 Å². The Morgan fingerprint density at radius 3 is 2.75 bits per heavy atom. The SMILES string of the molecule is O=C(c1cccc(S(=O)(=O)NCc2cccs2)c1)N(C[C@H]1CCOC1)C1CC1. The third-order valence-corrected chi connectivity index (χ3v) is 7.41. The van der Waals surface area contributed by atoms with Gasteiger partial charge in [-0.1, -0.05) is 12.1 Å². The van der Waals surface area contributed by atoms with E-state index in [1.165, 1.54) is 23.5 Å². The highest BCUT2D eigenvalue weighted by atomic mass is 32.2. The van der Waals surface area contributed by atoms with Crippen LogP contribution in [0.25, 0.3) is 0 Å². The van der Waals surface area contributed by atoms with E-state index in [9.17, 15) is 13.2 Å². The van der Waals surface area contributed by atoms with Gasteiger partial charge in [0.1, 0.15) is 0 Å². The molecule has 1 aromatic carbocycles. The van der Waals surface area contributed by atoms with Gasteiger partial charge in [0, 0.05) is 42.1 Å². The van der Waals surface area contributed by atoms with Crippen molar-refractivity contribution in [3.63, 3.8) is 0 Å². The second-order valence-corrected chi connectivity index (χ2v) is 10.1. The van der Waals surface area contributed by atoms with Crippen LogP contribution in [-0.2, 0) is 21.3 Å². The molecular weight excluding hydrogens is 396 g/mol. The van der Waals surface area contributed by atoms with Gasteiger partial charge in [0.2, 0.25) is 10.0 Å². The Labute approximate surface area is 169 Å². The van der Waals surface area contributed by atoms with E-state index < -0.39 is 10.0 Å². The summed E-state index contributed by atoms with van der Waals surface area (Å²) in [4.78, 5) is 16.1. The zero-order valence-corrected chi connectivity index (χ0v) is 17.2. The van der Waals surface area contributed by atoms with E-state index in [2.05, 4.69) is 4.72 Å². The predicted octanol–water partition coefficient (Wildman–Crippen LogP) is 2.87. The largest absolute Gasteiger partial charge is 0.381 e. The molecule has 0 spiro atoms. The Hall–Kier alpha value is -1.74. The van der Waals surface area contributed by atoms with Crippen LogP contribution in [0.1, 0.15) is 34.5 Å². The third-order valence-electron chi connectivity index (χ3n) is 5.14. The number of hydrogen-bond donors (Lipinski definition) is 1. The molecule has 8 heteroatoms. The van der Waals surface area contributed by atoms with Crippen LogP contribution in [0.3, 0.4) is 0 Å². The lowest BCUT2D eigenvalue weighted by Gasteiger charge is -2.25. The highest BCUT2D eigenvalue weighted by molar-refractivity contribution is 7.89. The molecule has 1 saturated carbocycles. The van der Waals surface area contributed by atoms with Crippen molar-refractivity contribution in [1.82, 2.24) is 9.62 Å². The van der Waals surface area contributed by atoms with Crippen LogP contribution in [0.5, 0.6) is 0 Å². The quantitative estimate of drug-likeness (QED) is 0.713. The maximum atomic E-state index is 13.1. The minimum absolute atomic E-state index is 0.0929.